The second-order valence-electron chi connectivity index (χ2n) is 6.41. The Kier molecular flexibility index (Phi) is 5.19. The number of hydrogen-bond acceptors (Lipinski definition) is 2. The molecule has 3 nitrogen and oxygen atoms in total. The van der Waals surface area contributed by atoms with Crippen molar-refractivity contribution in [1.29, 1.82) is 0 Å². The molecule has 2 aromatic carbocycles. The van der Waals surface area contributed by atoms with Gasteiger partial charge in [-0.1, -0.05) is 42.0 Å². The first kappa shape index (κ1) is 16.6. The highest BCUT2D eigenvalue weighted by atomic mass is 16.5. The minimum Gasteiger partial charge on any atom is -0.494 e. The third kappa shape index (κ3) is 3.78. The fourth-order valence-electron chi connectivity index (χ4n) is 3.35. The van der Waals surface area contributed by atoms with E-state index in [-0.39, 0.29) is 11.9 Å². The second kappa shape index (κ2) is 7.52. The van der Waals surface area contributed by atoms with E-state index in [2.05, 4.69) is 31.2 Å². The first-order valence-corrected chi connectivity index (χ1v) is 8.75. The maximum absolute atomic E-state index is 12.8. The molecule has 0 aromatic heterocycles. The van der Waals surface area contributed by atoms with Crippen LogP contribution in [0.4, 0.5) is 0 Å². The van der Waals surface area contributed by atoms with E-state index in [1.807, 2.05) is 36.1 Å². The summed E-state index contributed by atoms with van der Waals surface area (Å²) in [5, 5.41) is 0. The summed E-state index contributed by atoms with van der Waals surface area (Å²) >= 11 is 0. The van der Waals surface area contributed by atoms with Crippen LogP contribution in [0.25, 0.3) is 0 Å². The van der Waals surface area contributed by atoms with Gasteiger partial charge in [0, 0.05) is 6.54 Å². The molecule has 24 heavy (non-hydrogen) atoms. The molecule has 1 amide bonds. The predicted octanol–water partition coefficient (Wildman–Crippen LogP) is 4.30. The topological polar surface area (TPSA) is 29.5 Å². The molecule has 3 rings (SSSR count). The molecule has 2 aromatic rings. The number of aryl methyl sites for hydroxylation is 1. The highest BCUT2D eigenvalue weighted by Crippen LogP contribution is 2.32. The van der Waals surface area contributed by atoms with Crippen LogP contribution in [0.2, 0.25) is 0 Å². The van der Waals surface area contributed by atoms with Crippen molar-refractivity contribution < 1.29 is 9.53 Å². The van der Waals surface area contributed by atoms with Gasteiger partial charge < -0.3 is 9.64 Å². The van der Waals surface area contributed by atoms with Gasteiger partial charge in [-0.25, -0.2) is 0 Å². The maximum Gasteiger partial charge on any atom is 0.227 e. The zero-order valence-corrected chi connectivity index (χ0v) is 14.5. The van der Waals surface area contributed by atoms with Gasteiger partial charge in [-0.15, -0.1) is 0 Å². The number of ether oxygens (including phenoxy) is 1. The molecule has 3 heteroatoms. The van der Waals surface area contributed by atoms with Gasteiger partial charge in [-0.05, 0) is 49.9 Å². The highest BCUT2D eigenvalue weighted by molar-refractivity contribution is 5.79. The number of amides is 1. The van der Waals surface area contributed by atoms with Gasteiger partial charge in [0.2, 0.25) is 5.91 Å². The Hall–Kier alpha value is -2.29. The Morgan fingerprint density at radius 2 is 1.83 bits per heavy atom. The molecular formula is C21H25NO2. The first-order chi connectivity index (χ1) is 11.7. The normalized spacial score (nSPS) is 17.1. The Morgan fingerprint density at radius 1 is 1.12 bits per heavy atom. The van der Waals surface area contributed by atoms with Crippen LogP contribution in [0, 0.1) is 6.92 Å². The first-order valence-electron chi connectivity index (χ1n) is 8.75. The van der Waals surface area contributed by atoms with E-state index in [4.69, 9.17) is 4.74 Å². The Bertz CT molecular complexity index is 676. The van der Waals surface area contributed by atoms with Crippen molar-refractivity contribution in [2.75, 3.05) is 13.2 Å². The van der Waals surface area contributed by atoms with E-state index in [1.54, 1.807) is 0 Å². The number of benzene rings is 2. The standard InChI is InChI=1S/C21H25NO2/c1-3-24-19-12-8-17(9-13-19)15-21(23)22-14-4-5-20(22)18-10-6-16(2)7-11-18/h6-13,20H,3-5,14-15H2,1-2H3. The molecule has 1 fully saturated rings. The zero-order chi connectivity index (χ0) is 16.9. The lowest BCUT2D eigenvalue weighted by Crippen LogP contribution is -2.31. The number of carbonyl (C=O) groups is 1. The van der Waals surface area contributed by atoms with E-state index in [0.717, 1.165) is 30.7 Å². The van der Waals surface area contributed by atoms with E-state index in [0.29, 0.717) is 13.0 Å². The van der Waals surface area contributed by atoms with Crippen molar-refractivity contribution >= 4 is 5.91 Å². The van der Waals surface area contributed by atoms with Crippen LogP contribution in [-0.4, -0.2) is 24.0 Å². The SMILES string of the molecule is CCOc1ccc(CC(=O)N2CCCC2c2ccc(C)cc2)cc1. The molecule has 1 saturated heterocycles. The fourth-order valence-corrected chi connectivity index (χ4v) is 3.35. The molecule has 1 aliphatic rings. The van der Waals surface area contributed by atoms with Gasteiger partial charge in [0.15, 0.2) is 0 Å². The van der Waals surface area contributed by atoms with Crippen molar-refractivity contribution in [2.24, 2.45) is 0 Å². The Balaban J connectivity index is 1.68. The third-order valence-corrected chi connectivity index (χ3v) is 4.62. The predicted molar refractivity (Wildman–Crippen MR) is 96.2 cm³/mol. The molecule has 0 bridgehead atoms. The number of likely N-dealkylation sites (tertiary alicyclic amines) is 1. The summed E-state index contributed by atoms with van der Waals surface area (Å²) in [6, 6.07) is 16.6. The summed E-state index contributed by atoms with van der Waals surface area (Å²) in [5.41, 5.74) is 3.54. The van der Waals surface area contributed by atoms with Crippen molar-refractivity contribution in [3.05, 3.63) is 65.2 Å². The van der Waals surface area contributed by atoms with Gasteiger partial charge >= 0.3 is 0 Å². The van der Waals surface area contributed by atoms with Crippen LogP contribution in [0.5, 0.6) is 5.75 Å². The smallest absolute Gasteiger partial charge is 0.227 e. The summed E-state index contributed by atoms with van der Waals surface area (Å²) in [6.45, 7) is 5.57. The summed E-state index contributed by atoms with van der Waals surface area (Å²) in [4.78, 5) is 14.8. The highest BCUT2D eigenvalue weighted by Gasteiger charge is 2.29. The van der Waals surface area contributed by atoms with Crippen LogP contribution >= 0.6 is 0 Å². The number of hydrogen-bond donors (Lipinski definition) is 0. The Labute approximate surface area is 144 Å². The quantitative estimate of drug-likeness (QED) is 0.821. The monoisotopic (exact) mass is 323 g/mol. The van der Waals surface area contributed by atoms with Gasteiger partial charge in [0.1, 0.15) is 5.75 Å². The number of carbonyl (C=O) groups excluding carboxylic acids is 1. The summed E-state index contributed by atoms with van der Waals surface area (Å²) in [5.74, 6) is 1.06. The molecule has 1 heterocycles. The largest absolute Gasteiger partial charge is 0.494 e. The maximum atomic E-state index is 12.8. The van der Waals surface area contributed by atoms with Gasteiger partial charge in [0.25, 0.3) is 0 Å². The van der Waals surface area contributed by atoms with E-state index >= 15 is 0 Å². The van der Waals surface area contributed by atoms with Crippen molar-refractivity contribution in [3.8, 4) is 5.75 Å². The molecule has 1 atom stereocenters. The number of rotatable bonds is 5. The molecule has 0 radical (unpaired) electrons. The van der Waals surface area contributed by atoms with Crippen LogP contribution in [0.3, 0.4) is 0 Å². The Morgan fingerprint density at radius 3 is 2.50 bits per heavy atom. The minimum atomic E-state index is 0.210. The third-order valence-electron chi connectivity index (χ3n) is 4.62. The zero-order valence-electron chi connectivity index (χ0n) is 14.5. The molecule has 126 valence electrons. The molecule has 1 unspecified atom stereocenters. The van der Waals surface area contributed by atoms with Crippen molar-refractivity contribution in [2.45, 2.75) is 39.2 Å². The minimum absolute atomic E-state index is 0.210. The molecule has 0 spiro atoms. The van der Waals surface area contributed by atoms with E-state index in [1.165, 1.54) is 11.1 Å². The molecule has 1 aliphatic heterocycles. The van der Waals surface area contributed by atoms with Gasteiger partial charge in [0.05, 0.1) is 19.1 Å². The van der Waals surface area contributed by atoms with Crippen LogP contribution < -0.4 is 4.74 Å². The van der Waals surface area contributed by atoms with Crippen LogP contribution in [0.1, 0.15) is 42.5 Å². The molecular weight excluding hydrogens is 298 g/mol. The molecule has 0 aliphatic carbocycles. The fraction of sp³-hybridized carbons (Fsp3) is 0.381. The molecule has 0 N–H and O–H groups in total. The summed E-state index contributed by atoms with van der Waals surface area (Å²) in [7, 11) is 0. The van der Waals surface area contributed by atoms with Gasteiger partial charge in [-0.2, -0.15) is 0 Å². The van der Waals surface area contributed by atoms with E-state index in [9.17, 15) is 4.79 Å². The molecule has 0 saturated carbocycles. The second-order valence-corrected chi connectivity index (χ2v) is 6.41. The van der Waals surface area contributed by atoms with Crippen molar-refractivity contribution in [3.63, 3.8) is 0 Å². The average molecular weight is 323 g/mol. The lowest BCUT2D eigenvalue weighted by molar-refractivity contribution is -0.131. The lowest BCUT2D eigenvalue weighted by Gasteiger charge is -2.25. The average Bonchev–Trinajstić information content (AvgIpc) is 3.07. The van der Waals surface area contributed by atoms with E-state index < -0.39 is 0 Å². The van der Waals surface area contributed by atoms with Gasteiger partial charge in [-0.3, -0.25) is 4.79 Å². The number of nitrogens with zero attached hydrogens (tertiary/aromatic N) is 1. The lowest BCUT2D eigenvalue weighted by atomic mass is 10.0. The van der Waals surface area contributed by atoms with Crippen LogP contribution in [0.15, 0.2) is 48.5 Å². The summed E-state index contributed by atoms with van der Waals surface area (Å²) < 4.78 is 5.45. The summed E-state index contributed by atoms with van der Waals surface area (Å²) in [6.07, 6.45) is 2.58. The van der Waals surface area contributed by atoms with Crippen molar-refractivity contribution in [1.82, 2.24) is 4.90 Å². The van der Waals surface area contributed by atoms with Crippen LogP contribution in [-0.2, 0) is 11.2 Å².